The molecule has 3 rings (SSSR count). The van der Waals surface area contributed by atoms with Crippen molar-refractivity contribution in [3.05, 3.63) is 65.7 Å². The van der Waals surface area contributed by atoms with Gasteiger partial charge in [-0.05, 0) is 62.1 Å². The summed E-state index contributed by atoms with van der Waals surface area (Å²) < 4.78 is 42.4. The highest BCUT2D eigenvalue weighted by atomic mass is 19.4. The molecule has 0 saturated carbocycles. The molecule has 2 aromatic carbocycles. The number of Topliss-reactive ketones (excluding diaryl/α,β-unsaturated/α-hetero) is 1. The highest BCUT2D eigenvalue weighted by Crippen LogP contribution is 2.27. The lowest BCUT2D eigenvalue weighted by molar-refractivity contribution is -0.192. The molecule has 0 bridgehead atoms. The van der Waals surface area contributed by atoms with E-state index in [-0.39, 0.29) is 29.8 Å². The maximum absolute atomic E-state index is 13.2. The van der Waals surface area contributed by atoms with Crippen molar-refractivity contribution in [1.82, 2.24) is 4.90 Å². The Balaban J connectivity index is 0.000000638. The minimum atomic E-state index is -5.08. The quantitative estimate of drug-likeness (QED) is 0.423. The number of aliphatic carboxylic acids is 1. The van der Waals surface area contributed by atoms with Gasteiger partial charge in [0.2, 0.25) is 0 Å². The molecule has 2 aromatic rings. The van der Waals surface area contributed by atoms with E-state index >= 15 is 0 Å². The Labute approximate surface area is 220 Å². The first-order valence-corrected chi connectivity index (χ1v) is 12.4. The normalized spacial score (nSPS) is 17.4. The van der Waals surface area contributed by atoms with E-state index in [0.717, 1.165) is 37.1 Å². The van der Waals surface area contributed by atoms with Crippen molar-refractivity contribution in [2.75, 3.05) is 20.3 Å². The monoisotopic (exact) mass is 537 g/mol. The number of carbonyl (C=O) groups is 3. The fraction of sp³-hybridized carbons (Fsp3) is 0.464. The summed E-state index contributed by atoms with van der Waals surface area (Å²) in [4.78, 5) is 36.1. The number of carboxylic acid groups (broad SMARTS) is 1. The Kier molecular flexibility index (Phi) is 11.8. The molecule has 7 nitrogen and oxygen atoms in total. The zero-order valence-electron chi connectivity index (χ0n) is 21.7. The van der Waals surface area contributed by atoms with E-state index in [4.69, 9.17) is 19.4 Å². The largest absolute Gasteiger partial charge is 0.492 e. The molecule has 0 aliphatic carbocycles. The van der Waals surface area contributed by atoms with Gasteiger partial charge in [0.1, 0.15) is 12.4 Å². The second-order valence-electron chi connectivity index (χ2n) is 9.21. The molecule has 0 spiro atoms. The van der Waals surface area contributed by atoms with Gasteiger partial charge < -0.3 is 14.6 Å². The third kappa shape index (κ3) is 9.48. The highest BCUT2D eigenvalue weighted by molar-refractivity contribution is 5.89. The predicted octanol–water partition coefficient (Wildman–Crippen LogP) is 5.49. The first kappa shape index (κ1) is 30.8. The van der Waals surface area contributed by atoms with Gasteiger partial charge in [-0.25, -0.2) is 9.59 Å². The highest BCUT2D eigenvalue weighted by Gasteiger charge is 2.38. The van der Waals surface area contributed by atoms with E-state index in [1.165, 1.54) is 7.11 Å². The number of carbonyl (C=O) groups excluding carboxylic acids is 2. The average Bonchev–Trinajstić information content (AvgIpc) is 2.91. The molecule has 1 N–H and O–H groups in total. The van der Waals surface area contributed by atoms with Gasteiger partial charge in [0.25, 0.3) is 0 Å². The van der Waals surface area contributed by atoms with Crippen LogP contribution in [0.4, 0.5) is 13.2 Å². The van der Waals surface area contributed by atoms with Gasteiger partial charge in [-0.15, -0.1) is 0 Å². The van der Waals surface area contributed by atoms with Gasteiger partial charge in [0.15, 0.2) is 5.78 Å². The van der Waals surface area contributed by atoms with Crippen LogP contribution in [-0.2, 0) is 14.3 Å². The summed E-state index contributed by atoms with van der Waals surface area (Å²) in [6.45, 7) is 5.71. The summed E-state index contributed by atoms with van der Waals surface area (Å²) in [5.41, 5.74) is 1.58. The molecule has 1 unspecified atom stereocenters. The average molecular weight is 538 g/mol. The van der Waals surface area contributed by atoms with Gasteiger partial charge in [0, 0.05) is 12.5 Å². The minimum absolute atomic E-state index is 0.0556. The predicted molar refractivity (Wildman–Crippen MR) is 135 cm³/mol. The summed E-state index contributed by atoms with van der Waals surface area (Å²) >= 11 is 0. The second kappa shape index (κ2) is 14.5. The van der Waals surface area contributed by atoms with E-state index in [1.807, 2.05) is 42.5 Å². The van der Waals surface area contributed by atoms with Gasteiger partial charge in [0.05, 0.1) is 18.7 Å². The lowest BCUT2D eigenvalue weighted by atomic mass is 9.88. The molecule has 1 aliphatic heterocycles. The third-order valence-electron chi connectivity index (χ3n) is 6.37. The zero-order chi connectivity index (χ0) is 28.3. The van der Waals surface area contributed by atoms with Crippen LogP contribution in [0.5, 0.6) is 5.75 Å². The van der Waals surface area contributed by atoms with Crippen LogP contribution in [0.25, 0.3) is 0 Å². The molecule has 1 aliphatic rings. The van der Waals surface area contributed by atoms with E-state index in [2.05, 4.69) is 18.7 Å². The molecular weight excluding hydrogens is 503 g/mol. The number of hydrogen-bond acceptors (Lipinski definition) is 6. The number of methoxy groups -OCH3 is 1. The molecule has 1 fully saturated rings. The van der Waals surface area contributed by atoms with Crippen LogP contribution in [0.3, 0.4) is 0 Å². The number of nitrogens with zero attached hydrogens (tertiary/aromatic N) is 1. The van der Waals surface area contributed by atoms with Crippen molar-refractivity contribution < 1.29 is 42.1 Å². The number of benzene rings is 2. The van der Waals surface area contributed by atoms with E-state index in [1.54, 1.807) is 12.1 Å². The Morgan fingerprint density at radius 3 is 2.18 bits per heavy atom. The molecule has 1 saturated heterocycles. The number of ketones is 1. The maximum Gasteiger partial charge on any atom is 0.490 e. The molecular formula is C28H34F3NO6. The molecule has 38 heavy (non-hydrogen) atoms. The summed E-state index contributed by atoms with van der Waals surface area (Å²) in [6.07, 6.45) is -1.49. The summed E-state index contributed by atoms with van der Waals surface area (Å²) in [5, 5.41) is 7.12. The van der Waals surface area contributed by atoms with E-state index in [9.17, 15) is 22.8 Å². The number of carboxylic acids is 1. The van der Waals surface area contributed by atoms with Crippen LogP contribution < -0.4 is 4.74 Å². The molecule has 3 atom stereocenters. The van der Waals surface area contributed by atoms with Crippen LogP contribution in [0.2, 0.25) is 0 Å². The summed E-state index contributed by atoms with van der Waals surface area (Å²) in [7, 11) is 1.37. The number of esters is 1. The van der Waals surface area contributed by atoms with Crippen molar-refractivity contribution >= 4 is 17.7 Å². The van der Waals surface area contributed by atoms with Gasteiger partial charge in [-0.2, -0.15) is 13.2 Å². The number of halogens is 3. The Morgan fingerprint density at radius 2 is 1.63 bits per heavy atom. The lowest BCUT2D eigenvalue weighted by Crippen LogP contribution is -2.51. The summed E-state index contributed by atoms with van der Waals surface area (Å²) in [6, 6.07) is 17.3. The summed E-state index contributed by atoms with van der Waals surface area (Å²) in [5.74, 6) is -1.86. The Hall–Kier alpha value is -3.40. The van der Waals surface area contributed by atoms with Crippen molar-refractivity contribution in [2.24, 2.45) is 0 Å². The molecule has 1 heterocycles. The standard InChI is InChI=1S/C26H33NO4.C2HF3O2/c1-19(21-12-14-22(15-13-21)26(29)30-3)17-25(28)24-11-7-8-16-27(24)20(2)18-31-23-9-5-4-6-10-23;3-2(4,5)1(6)7/h4-6,9-10,12-15,19-20,24H,7-8,11,16-18H2,1-3H3;(H,6,7)/t19-,20?,24-;/m1./s1. The fourth-order valence-corrected chi connectivity index (χ4v) is 4.28. The van der Waals surface area contributed by atoms with Crippen molar-refractivity contribution in [2.45, 2.75) is 63.7 Å². The lowest BCUT2D eigenvalue weighted by Gasteiger charge is -2.39. The number of ether oxygens (including phenoxy) is 2. The second-order valence-corrected chi connectivity index (χ2v) is 9.21. The van der Waals surface area contributed by atoms with Crippen molar-refractivity contribution in [3.63, 3.8) is 0 Å². The number of rotatable bonds is 9. The molecule has 0 radical (unpaired) electrons. The molecule has 0 amide bonds. The van der Waals surface area contributed by atoms with Crippen molar-refractivity contribution in [3.8, 4) is 5.75 Å². The van der Waals surface area contributed by atoms with Crippen molar-refractivity contribution in [1.29, 1.82) is 0 Å². The van der Waals surface area contributed by atoms with Crippen LogP contribution in [-0.4, -0.2) is 66.2 Å². The SMILES string of the molecule is COC(=O)c1ccc([C@H](C)CC(=O)[C@H]2CCCCN2C(C)COc2ccccc2)cc1.O=C(O)C(F)(F)F. The topological polar surface area (TPSA) is 93.1 Å². The van der Waals surface area contributed by atoms with Crippen LogP contribution in [0.15, 0.2) is 54.6 Å². The number of hydrogen-bond donors (Lipinski definition) is 1. The zero-order valence-corrected chi connectivity index (χ0v) is 21.7. The molecule has 10 heteroatoms. The Bertz CT molecular complexity index is 1040. The number of para-hydroxylation sites is 1. The van der Waals surface area contributed by atoms with Gasteiger partial charge >= 0.3 is 18.1 Å². The minimum Gasteiger partial charge on any atom is -0.492 e. The number of alkyl halides is 3. The smallest absolute Gasteiger partial charge is 0.490 e. The van der Waals surface area contributed by atoms with E-state index in [0.29, 0.717) is 18.6 Å². The first-order chi connectivity index (χ1) is 17.9. The number of piperidine rings is 1. The molecule has 0 aromatic heterocycles. The van der Waals surface area contributed by atoms with Gasteiger partial charge in [-0.1, -0.05) is 43.7 Å². The Morgan fingerprint density at radius 1 is 1.03 bits per heavy atom. The van der Waals surface area contributed by atoms with Gasteiger partial charge in [-0.3, -0.25) is 9.69 Å². The molecule has 208 valence electrons. The first-order valence-electron chi connectivity index (χ1n) is 12.4. The third-order valence-corrected chi connectivity index (χ3v) is 6.37. The van der Waals surface area contributed by atoms with Crippen LogP contribution >= 0.6 is 0 Å². The van der Waals surface area contributed by atoms with Crippen LogP contribution in [0.1, 0.15) is 61.4 Å². The van der Waals surface area contributed by atoms with E-state index < -0.39 is 12.1 Å². The fourth-order valence-electron chi connectivity index (χ4n) is 4.28. The maximum atomic E-state index is 13.2. The van der Waals surface area contributed by atoms with Crippen LogP contribution in [0, 0.1) is 0 Å². The number of likely N-dealkylation sites (tertiary alicyclic amines) is 1.